The molecule has 0 amide bonds. The fraction of sp³-hybridized carbons (Fsp3) is 0.188. The molecule has 4 aromatic rings. The van der Waals surface area contributed by atoms with Crippen molar-refractivity contribution >= 4 is 22.8 Å². The van der Waals surface area contributed by atoms with Gasteiger partial charge in [0.15, 0.2) is 5.65 Å². The number of hydrogen-bond donors (Lipinski definition) is 0. The Balaban J connectivity index is 1.63. The van der Waals surface area contributed by atoms with Crippen molar-refractivity contribution in [1.82, 2.24) is 29.9 Å². The summed E-state index contributed by atoms with van der Waals surface area (Å²) in [6.07, 6.45) is 3.89. The van der Waals surface area contributed by atoms with Crippen LogP contribution in [-0.4, -0.2) is 29.9 Å². The van der Waals surface area contributed by atoms with Crippen LogP contribution < -0.4 is 0 Å². The molecule has 0 aliphatic carbocycles. The predicted molar refractivity (Wildman–Crippen MR) is 89.9 cm³/mol. The number of aromatic nitrogens is 6. The van der Waals surface area contributed by atoms with Gasteiger partial charge in [0.2, 0.25) is 11.8 Å². The van der Waals surface area contributed by atoms with E-state index in [4.69, 9.17) is 4.42 Å². The van der Waals surface area contributed by atoms with Gasteiger partial charge in [-0.05, 0) is 24.3 Å². The number of hydrogen-bond acceptors (Lipinski definition) is 7. The normalized spacial score (nSPS) is 11.3. The average Bonchev–Trinajstić information content (AvgIpc) is 3.27. The van der Waals surface area contributed by atoms with Crippen molar-refractivity contribution in [2.45, 2.75) is 24.1 Å². The highest BCUT2D eigenvalue weighted by molar-refractivity contribution is 7.98. The third kappa shape index (κ3) is 3.10. The second kappa shape index (κ2) is 6.60. The van der Waals surface area contributed by atoms with Crippen LogP contribution in [0.3, 0.4) is 0 Å². The molecular formula is C16H13FN6OS. The van der Waals surface area contributed by atoms with Crippen molar-refractivity contribution in [3.05, 3.63) is 54.4 Å². The quantitative estimate of drug-likeness (QED) is 0.401. The molecule has 7 nitrogen and oxygen atoms in total. The molecule has 0 unspecified atom stereocenters. The van der Waals surface area contributed by atoms with Crippen molar-refractivity contribution in [3.63, 3.8) is 0 Å². The van der Waals surface area contributed by atoms with E-state index < -0.39 is 0 Å². The second-order valence-corrected chi connectivity index (χ2v) is 6.14. The van der Waals surface area contributed by atoms with E-state index in [9.17, 15) is 4.39 Å². The standard InChI is InChI=1S/C16H13FN6OS/c1-2-13-21-22-14(24-13)8-25-16-12-7-20-23(15(12)18-9-19-16)11-5-3-10(17)4-6-11/h3-7,9H,2,8H2,1H3. The molecule has 0 spiro atoms. The highest BCUT2D eigenvalue weighted by Gasteiger charge is 2.13. The van der Waals surface area contributed by atoms with Crippen LogP contribution in [0, 0.1) is 5.82 Å². The van der Waals surface area contributed by atoms with Crippen LogP contribution in [-0.2, 0) is 12.2 Å². The second-order valence-electron chi connectivity index (χ2n) is 5.18. The maximum atomic E-state index is 13.1. The molecular weight excluding hydrogens is 343 g/mol. The van der Waals surface area contributed by atoms with E-state index in [1.807, 2.05) is 6.92 Å². The van der Waals surface area contributed by atoms with Crippen molar-refractivity contribution in [1.29, 1.82) is 0 Å². The van der Waals surface area contributed by atoms with Crippen molar-refractivity contribution in [2.75, 3.05) is 0 Å². The molecule has 0 atom stereocenters. The first-order valence-electron chi connectivity index (χ1n) is 7.63. The highest BCUT2D eigenvalue weighted by Crippen LogP contribution is 2.28. The maximum Gasteiger partial charge on any atom is 0.226 e. The first kappa shape index (κ1) is 15.7. The minimum atomic E-state index is -0.294. The molecule has 1 aromatic carbocycles. The number of halogens is 1. The molecule has 0 N–H and O–H groups in total. The lowest BCUT2D eigenvalue weighted by molar-refractivity contribution is 0.470. The van der Waals surface area contributed by atoms with Crippen LogP contribution in [0.2, 0.25) is 0 Å². The molecule has 3 aromatic heterocycles. The highest BCUT2D eigenvalue weighted by atomic mass is 32.2. The topological polar surface area (TPSA) is 82.5 Å². The van der Waals surface area contributed by atoms with Crippen LogP contribution in [0.4, 0.5) is 4.39 Å². The molecule has 0 aliphatic rings. The first-order valence-corrected chi connectivity index (χ1v) is 8.62. The number of nitrogens with zero attached hydrogens (tertiary/aromatic N) is 6. The fourth-order valence-corrected chi connectivity index (χ4v) is 3.13. The molecule has 3 heterocycles. The zero-order valence-electron chi connectivity index (χ0n) is 13.3. The molecule has 0 bridgehead atoms. The lowest BCUT2D eigenvalue weighted by Crippen LogP contribution is -1.98. The van der Waals surface area contributed by atoms with Gasteiger partial charge in [0, 0.05) is 6.42 Å². The maximum absolute atomic E-state index is 13.1. The summed E-state index contributed by atoms with van der Waals surface area (Å²) in [5.74, 6) is 1.39. The van der Waals surface area contributed by atoms with Crippen molar-refractivity contribution in [3.8, 4) is 5.69 Å². The van der Waals surface area contributed by atoms with Gasteiger partial charge >= 0.3 is 0 Å². The Morgan fingerprint density at radius 3 is 2.68 bits per heavy atom. The lowest BCUT2D eigenvalue weighted by Gasteiger charge is -2.03. The van der Waals surface area contributed by atoms with Gasteiger partial charge in [0.05, 0.1) is 23.0 Å². The Morgan fingerprint density at radius 2 is 1.92 bits per heavy atom. The molecule has 25 heavy (non-hydrogen) atoms. The monoisotopic (exact) mass is 356 g/mol. The number of benzene rings is 1. The third-order valence-corrected chi connectivity index (χ3v) is 4.53. The van der Waals surface area contributed by atoms with E-state index in [2.05, 4.69) is 25.3 Å². The van der Waals surface area contributed by atoms with E-state index in [1.165, 1.54) is 30.2 Å². The van der Waals surface area contributed by atoms with Crippen molar-refractivity contribution < 1.29 is 8.81 Å². The summed E-state index contributed by atoms with van der Waals surface area (Å²) < 4.78 is 20.3. The number of aryl methyl sites for hydroxylation is 1. The van der Waals surface area contributed by atoms with Gasteiger partial charge in [-0.2, -0.15) is 5.10 Å². The van der Waals surface area contributed by atoms with E-state index in [-0.39, 0.29) is 5.82 Å². The van der Waals surface area contributed by atoms with E-state index in [0.29, 0.717) is 29.6 Å². The fourth-order valence-electron chi connectivity index (χ4n) is 2.33. The largest absolute Gasteiger partial charge is 0.424 e. The van der Waals surface area contributed by atoms with Gasteiger partial charge in [-0.3, -0.25) is 0 Å². The van der Waals surface area contributed by atoms with Gasteiger partial charge in [-0.25, -0.2) is 19.0 Å². The first-order chi connectivity index (χ1) is 12.2. The van der Waals surface area contributed by atoms with Crippen LogP contribution in [0.25, 0.3) is 16.7 Å². The van der Waals surface area contributed by atoms with E-state index >= 15 is 0 Å². The Morgan fingerprint density at radius 1 is 1.12 bits per heavy atom. The van der Waals surface area contributed by atoms with Gasteiger partial charge in [0.25, 0.3) is 0 Å². The average molecular weight is 356 g/mol. The van der Waals surface area contributed by atoms with Crippen LogP contribution in [0.1, 0.15) is 18.7 Å². The molecule has 0 saturated carbocycles. The van der Waals surface area contributed by atoms with Gasteiger partial charge in [-0.1, -0.05) is 18.7 Å². The number of fused-ring (bicyclic) bond motifs is 1. The SMILES string of the molecule is CCc1nnc(CSc2ncnc3c2cnn3-c2ccc(F)cc2)o1. The summed E-state index contributed by atoms with van der Waals surface area (Å²) in [5, 5.41) is 13.9. The van der Waals surface area contributed by atoms with Gasteiger partial charge in [-0.15, -0.1) is 10.2 Å². The van der Waals surface area contributed by atoms with Gasteiger partial charge in [0.1, 0.15) is 17.2 Å². The molecule has 9 heteroatoms. The molecule has 0 fully saturated rings. The minimum absolute atomic E-state index is 0.294. The molecule has 0 aliphatic heterocycles. The predicted octanol–water partition coefficient (Wildman–Crippen LogP) is 3.19. The summed E-state index contributed by atoms with van der Waals surface area (Å²) in [6.45, 7) is 1.96. The Labute approximate surface area is 146 Å². The summed E-state index contributed by atoms with van der Waals surface area (Å²) >= 11 is 1.48. The number of thioether (sulfide) groups is 1. The number of rotatable bonds is 5. The smallest absolute Gasteiger partial charge is 0.226 e. The zero-order chi connectivity index (χ0) is 17.2. The van der Waals surface area contributed by atoms with Crippen LogP contribution >= 0.6 is 11.8 Å². The van der Waals surface area contributed by atoms with Crippen LogP contribution in [0.5, 0.6) is 0 Å². The van der Waals surface area contributed by atoms with E-state index in [1.54, 1.807) is 23.0 Å². The Kier molecular flexibility index (Phi) is 4.14. The summed E-state index contributed by atoms with van der Waals surface area (Å²) in [7, 11) is 0. The Hall–Kier alpha value is -2.81. The third-order valence-electron chi connectivity index (χ3n) is 3.54. The molecule has 4 rings (SSSR count). The van der Waals surface area contributed by atoms with E-state index in [0.717, 1.165) is 16.1 Å². The zero-order valence-corrected chi connectivity index (χ0v) is 14.1. The van der Waals surface area contributed by atoms with Gasteiger partial charge < -0.3 is 4.42 Å². The Bertz CT molecular complexity index is 1010. The lowest BCUT2D eigenvalue weighted by atomic mass is 10.3. The summed E-state index contributed by atoms with van der Waals surface area (Å²) in [5.41, 5.74) is 1.39. The molecule has 0 radical (unpaired) electrons. The molecule has 126 valence electrons. The van der Waals surface area contributed by atoms with Crippen molar-refractivity contribution in [2.24, 2.45) is 0 Å². The minimum Gasteiger partial charge on any atom is -0.424 e. The molecule has 0 saturated heterocycles. The summed E-state index contributed by atoms with van der Waals surface area (Å²) in [4.78, 5) is 8.62. The van der Waals surface area contributed by atoms with Crippen LogP contribution in [0.15, 0.2) is 46.2 Å². The summed E-state index contributed by atoms with van der Waals surface area (Å²) in [6, 6.07) is 6.09.